The number of carbonyl (C=O) groups excluding carboxylic acids is 2. The molecule has 150 valence electrons. The molecule has 1 amide bonds. The Balaban J connectivity index is 1.52. The van der Waals surface area contributed by atoms with E-state index in [0.717, 1.165) is 11.3 Å². The number of aromatic nitrogens is 1. The summed E-state index contributed by atoms with van der Waals surface area (Å²) in [7, 11) is 3.10. The molecular formula is C22H22N2O5. The zero-order chi connectivity index (χ0) is 20.6. The van der Waals surface area contributed by atoms with Gasteiger partial charge in [0.15, 0.2) is 18.1 Å². The van der Waals surface area contributed by atoms with Crippen LogP contribution in [0.5, 0.6) is 11.5 Å². The third-order valence-electron chi connectivity index (χ3n) is 4.26. The minimum absolute atomic E-state index is 0.278. The topological polar surface area (TPSA) is 78.8 Å². The van der Waals surface area contributed by atoms with Crippen molar-refractivity contribution in [2.24, 2.45) is 0 Å². The predicted molar refractivity (Wildman–Crippen MR) is 107 cm³/mol. The Bertz CT molecular complexity index is 983. The quantitative estimate of drug-likeness (QED) is 0.595. The van der Waals surface area contributed by atoms with Gasteiger partial charge in [0, 0.05) is 24.6 Å². The van der Waals surface area contributed by atoms with Crippen LogP contribution in [0.2, 0.25) is 0 Å². The number of benzene rings is 2. The highest BCUT2D eigenvalue weighted by Gasteiger charge is 2.12. The Morgan fingerprint density at radius 2 is 1.69 bits per heavy atom. The van der Waals surface area contributed by atoms with Crippen LogP contribution >= 0.6 is 0 Å². The molecule has 0 saturated carbocycles. The van der Waals surface area contributed by atoms with E-state index in [9.17, 15) is 9.59 Å². The van der Waals surface area contributed by atoms with Gasteiger partial charge in [0.2, 0.25) is 0 Å². The van der Waals surface area contributed by atoms with Crippen molar-refractivity contribution in [3.8, 4) is 17.2 Å². The van der Waals surface area contributed by atoms with Crippen LogP contribution in [0.1, 0.15) is 15.9 Å². The summed E-state index contributed by atoms with van der Waals surface area (Å²) < 4.78 is 17.4. The summed E-state index contributed by atoms with van der Waals surface area (Å²) in [5.74, 6) is 0.238. The highest BCUT2D eigenvalue weighted by Crippen LogP contribution is 2.27. The summed E-state index contributed by atoms with van der Waals surface area (Å²) in [6.45, 7) is -0.0836. The van der Waals surface area contributed by atoms with Crippen LogP contribution in [0, 0.1) is 0 Å². The second kappa shape index (κ2) is 9.45. The number of methoxy groups -OCH3 is 2. The van der Waals surface area contributed by atoms with Crippen molar-refractivity contribution in [3.63, 3.8) is 0 Å². The second-order valence-corrected chi connectivity index (χ2v) is 6.18. The molecule has 0 spiro atoms. The molecule has 7 heteroatoms. The molecular weight excluding hydrogens is 372 g/mol. The number of esters is 1. The van der Waals surface area contributed by atoms with E-state index in [1.54, 1.807) is 44.6 Å². The van der Waals surface area contributed by atoms with Crippen molar-refractivity contribution in [2.45, 2.75) is 6.54 Å². The summed E-state index contributed by atoms with van der Waals surface area (Å²) in [5, 5.41) is 2.71. The molecule has 29 heavy (non-hydrogen) atoms. The maximum absolute atomic E-state index is 12.3. The number of carbonyl (C=O) groups is 2. The van der Waals surface area contributed by atoms with Crippen molar-refractivity contribution in [2.75, 3.05) is 20.8 Å². The third kappa shape index (κ3) is 5.16. The van der Waals surface area contributed by atoms with Gasteiger partial charge in [-0.1, -0.05) is 12.1 Å². The summed E-state index contributed by atoms with van der Waals surface area (Å²) in [5.41, 5.74) is 2.05. The number of hydrogen-bond donors (Lipinski definition) is 1. The van der Waals surface area contributed by atoms with Gasteiger partial charge in [-0.25, -0.2) is 4.79 Å². The normalized spacial score (nSPS) is 10.3. The molecule has 0 bridgehead atoms. The number of nitrogens with zero attached hydrogens (tertiary/aromatic N) is 1. The van der Waals surface area contributed by atoms with Crippen molar-refractivity contribution in [3.05, 3.63) is 78.1 Å². The van der Waals surface area contributed by atoms with Crippen LogP contribution in [-0.4, -0.2) is 37.3 Å². The lowest BCUT2D eigenvalue weighted by atomic mass is 10.2. The first-order valence-electron chi connectivity index (χ1n) is 8.99. The van der Waals surface area contributed by atoms with Gasteiger partial charge in [-0.2, -0.15) is 0 Å². The Morgan fingerprint density at radius 3 is 2.41 bits per heavy atom. The summed E-state index contributed by atoms with van der Waals surface area (Å²) in [6, 6.07) is 16.2. The first-order chi connectivity index (χ1) is 14.1. The molecule has 3 rings (SSSR count). The smallest absolute Gasteiger partial charge is 0.338 e. The van der Waals surface area contributed by atoms with Crippen LogP contribution in [0.25, 0.3) is 5.69 Å². The van der Waals surface area contributed by atoms with E-state index in [-0.39, 0.29) is 13.2 Å². The van der Waals surface area contributed by atoms with Gasteiger partial charge >= 0.3 is 5.97 Å². The second-order valence-electron chi connectivity index (χ2n) is 6.18. The molecule has 0 radical (unpaired) electrons. The van der Waals surface area contributed by atoms with Gasteiger partial charge in [-0.05, 0) is 48.0 Å². The van der Waals surface area contributed by atoms with Crippen LogP contribution < -0.4 is 14.8 Å². The van der Waals surface area contributed by atoms with Crippen LogP contribution in [-0.2, 0) is 16.1 Å². The van der Waals surface area contributed by atoms with Crippen LogP contribution in [0.3, 0.4) is 0 Å². The average Bonchev–Trinajstić information content (AvgIpc) is 3.31. The number of hydrogen-bond acceptors (Lipinski definition) is 5. The van der Waals surface area contributed by atoms with Crippen LogP contribution in [0.4, 0.5) is 0 Å². The fourth-order valence-corrected chi connectivity index (χ4v) is 2.76. The molecule has 0 aliphatic carbocycles. The summed E-state index contributed by atoms with van der Waals surface area (Å²) >= 11 is 0. The molecule has 0 atom stereocenters. The number of ether oxygens (including phenoxy) is 3. The maximum atomic E-state index is 12.3. The fraction of sp³-hybridized carbons (Fsp3) is 0.182. The maximum Gasteiger partial charge on any atom is 0.338 e. The summed E-state index contributed by atoms with van der Waals surface area (Å²) in [6.07, 6.45) is 3.76. The van der Waals surface area contributed by atoms with Gasteiger partial charge in [-0.3, -0.25) is 4.79 Å². The van der Waals surface area contributed by atoms with Crippen LogP contribution in [0.15, 0.2) is 67.0 Å². The Morgan fingerprint density at radius 1 is 0.931 bits per heavy atom. The van der Waals surface area contributed by atoms with E-state index in [2.05, 4.69) is 5.32 Å². The van der Waals surface area contributed by atoms with E-state index in [1.807, 2.05) is 41.2 Å². The Kier molecular flexibility index (Phi) is 6.52. The monoisotopic (exact) mass is 394 g/mol. The van der Waals surface area contributed by atoms with E-state index in [1.165, 1.54) is 0 Å². The van der Waals surface area contributed by atoms with E-state index < -0.39 is 11.9 Å². The number of amides is 1. The Hall–Kier alpha value is -3.74. The largest absolute Gasteiger partial charge is 0.493 e. The molecule has 7 nitrogen and oxygen atoms in total. The van der Waals surface area contributed by atoms with Gasteiger partial charge in [0.1, 0.15) is 0 Å². The van der Waals surface area contributed by atoms with Gasteiger partial charge in [0.05, 0.1) is 19.8 Å². The van der Waals surface area contributed by atoms with E-state index in [0.29, 0.717) is 17.1 Å². The third-order valence-corrected chi connectivity index (χ3v) is 4.26. The highest BCUT2D eigenvalue weighted by molar-refractivity contribution is 5.91. The molecule has 1 N–H and O–H groups in total. The lowest BCUT2D eigenvalue weighted by molar-refractivity contribution is -0.124. The first-order valence-corrected chi connectivity index (χ1v) is 8.99. The van der Waals surface area contributed by atoms with Gasteiger partial charge < -0.3 is 24.1 Å². The lowest BCUT2D eigenvalue weighted by Gasteiger charge is -2.11. The van der Waals surface area contributed by atoms with E-state index in [4.69, 9.17) is 14.2 Å². The minimum Gasteiger partial charge on any atom is -0.493 e. The molecule has 0 unspecified atom stereocenters. The average molecular weight is 394 g/mol. The van der Waals surface area contributed by atoms with Crippen molar-refractivity contribution < 1.29 is 23.8 Å². The van der Waals surface area contributed by atoms with E-state index >= 15 is 0 Å². The van der Waals surface area contributed by atoms with Crippen molar-refractivity contribution in [1.29, 1.82) is 0 Å². The van der Waals surface area contributed by atoms with Crippen molar-refractivity contribution >= 4 is 11.9 Å². The SMILES string of the molecule is COc1ccc(CNC(=O)COC(=O)c2cccc(-n3cccc3)c2)cc1OC. The molecule has 0 saturated heterocycles. The minimum atomic E-state index is -0.555. The molecule has 1 heterocycles. The molecule has 0 fully saturated rings. The zero-order valence-electron chi connectivity index (χ0n) is 16.3. The number of nitrogens with one attached hydrogen (secondary N) is 1. The molecule has 0 aliphatic rings. The fourth-order valence-electron chi connectivity index (χ4n) is 2.76. The number of rotatable bonds is 8. The molecule has 1 aromatic heterocycles. The molecule has 0 aliphatic heterocycles. The van der Waals surface area contributed by atoms with Gasteiger partial charge in [-0.15, -0.1) is 0 Å². The lowest BCUT2D eigenvalue weighted by Crippen LogP contribution is -2.28. The zero-order valence-corrected chi connectivity index (χ0v) is 16.3. The molecule has 2 aromatic carbocycles. The molecule has 3 aromatic rings. The summed E-state index contributed by atoms with van der Waals surface area (Å²) in [4.78, 5) is 24.3. The van der Waals surface area contributed by atoms with Crippen molar-refractivity contribution in [1.82, 2.24) is 9.88 Å². The first kappa shape index (κ1) is 20.0. The predicted octanol–water partition coefficient (Wildman–Crippen LogP) is 2.97. The standard InChI is InChI=1S/C22H22N2O5/c1-27-19-9-8-16(12-20(19)28-2)14-23-21(25)15-29-22(26)17-6-5-7-18(13-17)24-10-3-4-11-24/h3-13H,14-15H2,1-2H3,(H,23,25). The Labute approximate surface area is 168 Å². The highest BCUT2D eigenvalue weighted by atomic mass is 16.5. The van der Waals surface area contributed by atoms with Gasteiger partial charge in [0.25, 0.3) is 5.91 Å².